The molecule has 11 nitrogen and oxygen atoms in total. The fraction of sp³-hybridized carbons (Fsp3) is 0.469. The molecule has 0 aliphatic carbocycles. The summed E-state index contributed by atoms with van der Waals surface area (Å²) in [6.45, 7) is 7.23. The number of carbonyl (C=O) groups is 3. The van der Waals surface area contributed by atoms with Gasteiger partial charge in [0.15, 0.2) is 11.8 Å². The number of esters is 1. The molecule has 2 aromatic carbocycles. The van der Waals surface area contributed by atoms with Crippen molar-refractivity contribution >= 4 is 53.5 Å². The predicted molar refractivity (Wildman–Crippen MR) is 173 cm³/mol. The van der Waals surface area contributed by atoms with Gasteiger partial charge >= 0.3 is 5.97 Å². The fourth-order valence-electron chi connectivity index (χ4n) is 7.31. The molecule has 3 aromatic rings. The van der Waals surface area contributed by atoms with Crippen LogP contribution in [0, 0.1) is 5.92 Å². The molecule has 46 heavy (non-hydrogen) atoms. The molecule has 1 spiro atoms. The predicted octanol–water partition coefficient (Wildman–Crippen LogP) is 4.61. The molecule has 14 heteroatoms. The van der Waals surface area contributed by atoms with Gasteiger partial charge < -0.3 is 23.6 Å². The summed E-state index contributed by atoms with van der Waals surface area (Å²) in [5.74, 6) is -1.27. The molecule has 6 rings (SSSR count). The van der Waals surface area contributed by atoms with E-state index in [2.05, 4.69) is 26.2 Å². The van der Waals surface area contributed by atoms with Crippen molar-refractivity contribution in [2.75, 3.05) is 16.4 Å². The molecule has 4 heterocycles. The van der Waals surface area contributed by atoms with E-state index in [0.717, 1.165) is 10.0 Å². The van der Waals surface area contributed by atoms with Gasteiger partial charge in [0.2, 0.25) is 14.3 Å². The van der Waals surface area contributed by atoms with Crippen molar-refractivity contribution in [2.45, 2.75) is 82.8 Å². The molecule has 1 N–H and O–H groups in total. The van der Waals surface area contributed by atoms with Crippen LogP contribution in [0.15, 0.2) is 53.1 Å². The Morgan fingerprint density at radius 3 is 2.61 bits per heavy atom. The SMILES string of the molecule is CC(=O)OC1CC(=O)N1c1ccc(CN2C(=O)[C@]3(O[C@H](CCn4cc(CCO)nn4)[C@@H]([Si](C)(C)F)[C@@H]3C)c3cc(Br)ccc32)cc1. The second kappa shape index (κ2) is 12.3. The average molecular weight is 715 g/mol. The number of fused-ring (bicyclic) bond motifs is 2. The lowest BCUT2D eigenvalue weighted by Crippen LogP contribution is -2.54. The third kappa shape index (κ3) is 5.69. The zero-order valence-corrected chi connectivity index (χ0v) is 28.7. The number of carbonyl (C=O) groups excluding carboxylic acids is 3. The van der Waals surface area contributed by atoms with Gasteiger partial charge in [-0.15, -0.1) is 5.10 Å². The summed E-state index contributed by atoms with van der Waals surface area (Å²) in [5, 5.41) is 17.5. The maximum absolute atomic E-state index is 16.2. The van der Waals surface area contributed by atoms with E-state index < -0.39 is 43.8 Å². The number of hydrogen-bond acceptors (Lipinski definition) is 8. The van der Waals surface area contributed by atoms with Crippen LogP contribution >= 0.6 is 15.9 Å². The second-order valence-electron chi connectivity index (χ2n) is 12.8. The molecule has 2 saturated heterocycles. The van der Waals surface area contributed by atoms with Crippen molar-refractivity contribution < 1.29 is 33.1 Å². The van der Waals surface area contributed by atoms with Crippen LogP contribution in [0.5, 0.6) is 0 Å². The number of nitrogens with zero attached hydrogens (tertiary/aromatic N) is 5. The lowest BCUT2D eigenvalue weighted by atomic mass is 9.82. The molecule has 1 unspecified atom stereocenters. The summed E-state index contributed by atoms with van der Waals surface area (Å²) in [6.07, 6.45) is 1.60. The highest BCUT2D eigenvalue weighted by Crippen LogP contribution is 2.60. The van der Waals surface area contributed by atoms with Crippen LogP contribution in [0.1, 0.15) is 43.5 Å². The van der Waals surface area contributed by atoms with Crippen molar-refractivity contribution in [3.63, 3.8) is 0 Å². The van der Waals surface area contributed by atoms with Gasteiger partial charge in [-0.2, -0.15) is 0 Å². The van der Waals surface area contributed by atoms with Gasteiger partial charge in [0.1, 0.15) is 0 Å². The van der Waals surface area contributed by atoms with Crippen LogP contribution in [0.25, 0.3) is 0 Å². The van der Waals surface area contributed by atoms with Crippen LogP contribution in [-0.2, 0) is 49.0 Å². The molecule has 3 aliphatic rings. The molecule has 0 saturated carbocycles. The molecule has 0 bridgehead atoms. The maximum atomic E-state index is 16.2. The first kappa shape index (κ1) is 32.5. The normalized spacial score (nSPS) is 25.7. The fourth-order valence-corrected chi connectivity index (χ4v) is 10.2. The monoisotopic (exact) mass is 713 g/mol. The van der Waals surface area contributed by atoms with Gasteiger partial charge in [-0.1, -0.05) is 40.2 Å². The molecular formula is C32H37BrFN5O6Si. The third-order valence-electron chi connectivity index (χ3n) is 9.28. The van der Waals surface area contributed by atoms with E-state index in [1.54, 1.807) is 41.0 Å². The first-order valence-electron chi connectivity index (χ1n) is 15.4. The van der Waals surface area contributed by atoms with Crippen molar-refractivity contribution in [3.8, 4) is 0 Å². The number of aliphatic hydroxyl groups excluding tert-OH is 1. The Kier molecular flexibility index (Phi) is 8.67. The number of halogens is 2. The summed E-state index contributed by atoms with van der Waals surface area (Å²) >= 11 is 3.58. The summed E-state index contributed by atoms with van der Waals surface area (Å²) in [5.41, 5.74) is 1.69. The maximum Gasteiger partial charge on any atom is 0.304 e. The topological polar surface area (TPSA) is 127 Å². The number of amides is 2. The Bertz CT molecular complexity index is 1670. The van der Waals surface area contributed by atoms with Crippen LogP contribution in [0.3, 0.4) is 0 Å². The molecule has 5 atom stereocenters. The Balaban J connectivity index is 1.28. The van der Waals surface area contributed by atoms with E-state index >= 15 is 4.11 Å². The zero-order valence-electron chi connectivity index (χ0n) is 26.2. The van der Waals surface area contributed by atoms with Gasteiger partial charge in [-0.05, 0) is 55.4 Å². The van der Waals surface area contributed by atoms with Crippen LogP contribution < -0.4 is 9.80 Å². The molecule has 2 amide bonds. The number of aliphatic hydroxyl groups is 1. The smallest absolute Gasteiger partial charge is 0.304 e. The van der Waals surface area contributed by atoms with Crippen LogP contribution in [0.4, 0.5) is 15.5 Å². The van der Waals surface area contributed by atoms with Crippen LogP contribution in [0.2, 0.25) is 18.6 Å². The van der Waals surface area contributed by atoms with E-state index in [0.29, 0.717) is 42.0 Å². The van der Waals surface area contributed by atoms with Crippen molar-refractivity contribution in [1.82, 2.24) is 15.0 Å². The van der Waals surface area contributed by atoms with E-state index in [1.807, 2.05) is 37.3 Å². The molecule has 1 aromatic heterocycles. The number of aromatic nitrogens is 3. The summed E-state index contributed by atoms with van der Waals surface area (Å²) < 4.78 is 30.7. The van der Waals surface area contributed by atoms with E-state index in [9.17, 15) is 19.5 Å². The third-order valence-corrected chi connectivity index (χ3v) is 12.2. The lowest BCUT2D eigenvalue weighted by molar-refractivity contribution is -0.154. The molecule has 0 radical (unpaired) electrons. The van der Waals surface area contributed by atoms with E-state index in [4.69, 9.17) is 9.47 Å². The Morgan fingerprint density at radius 1 is 1.22 bits per heavy atom. The Hall–Kier alpha value is -3.46. The summed E-state index contributed by atoms with van der Waals surface area (Å²) in [7, 11) is -3.34. The minimum absolute atomic E-state index is 0.0272. The molecule has 244 valence electrons. The number of ether oxygens (including phenoxy) is 2. The Morgan fingerprint density at radius 2 is 1.96 bits per heavy atom. The van der Waals surface area contributed by atoms with E-state index in [-0.39, 0.29) is 31.4 Å². The number of β-lactam (4-membered cyclic amide) rings is 1. The van der Waals surface area contributed by atoms with Gasteiger partial charge in [0.05, 0.1) is 30.5 Å². The van der Waals surface area contributed by atoms with Gasteiger partial charge in [-0.3, -0.25) is 24.0 Å². The number of anilines is 2. The minimum atomic E-state index is -3.34. The average Bonchev–Trinajstić information content (AvgIpc) is 3.62. The quantitative estimate of drug-likeness (QED) is 0.140. The molecule has 3 aliphatic heterocycles. The zero-order chi connectivity index (χ0) is 33.0. The van der Waals surface area contributed by atoms with Gasteiger partial charge in [0.25, 0.3) is 5.91 Å². The second-order valence-corrected chi connectivity index (χ2v) is 17.5. The molecular weight excluding hydrogens is 677 g/mol. The van der Waals surface area contributed by atoms with Gasteiger partial charge in [-0.25, -0.2) is 0 Å². The number of rotatable bonds is 10. The lowest BCUT2D eigenvalue weighted by Gasteiger charge is -2.39. The summed E-state index contributed by atoms with van der Waals surface area (Å²) in [4.78, 5) is 41.5. The van der Waals surface area contributed by atoms with Crippen LogP contribution in [-0.4, -0.2) is 65.2 Å². The van der Waals surface area contributed by atoms with Crippen molar-refractivity contribution in [3.05, 3.63) is 70.0 Å². The Labute approximate surface area is 276 Å². The minimum Gasteiger partial charge on any atom is -0.441 e. The first-order chi connectivity index (χ1) is 21.8. The summed E-state index contributed by atoms with van der Waals surface area (Å²) in [6, 6.07) is 12.9. The highest BCUT2D eigenvalue weighted by molar-refractivity contribution is 9.10. The largest absolute Gasteiger partial charge is 0.441 e. The first-order valence-corrected chi connectivity index (χ1v) is 19.1. The highest BCUT2D eigenvalue weighted by Gasteiger charge is 2.66. The highest BCUT2D eigenvalue weighted by atomic mass is 79.9. The number of hydrogen-bond donors (Lipinski definition) is 1. The van der Waals surface area contributed by atoms with Gasteiger partial charge in [0, 0.05) is 59.9 Å². The van der Waals surface area contributed by atoms with Crippen molar-refractivity contribution in [2.24, 2.45) is 5.92 Å². The number of benzene rings is 2. The van der Waals surface area contributed by atoms with Crippen molar-refractivity contribution in [1.29, 1.82) is 0 Å². The van der Waals surface area contributed by atoms with E-state index in [1.165, 1.54) is 11.8 Å². The molecule has 2 fully saturated rings. The standard InChI is InChI=1S/C32H37BrFN5O6Si/c1-19-30(46(3,4)34)27(11-13-37-18-23(12-14-40)35-36-37)45-32(19)25-15-22(33)7-10-26(25)38(31(32)43)17-21-5-8-24(9-6-21)39-28(42)16-29(39)44-20(2)41/h5-10,15,18-19,27,29-30,40H,11-14,16-17H2,1-4H3/t19-,27+,29?,30-,32+/m0/s1. The number of aryl methyl sites for hydroxylation is 1.